The number of nitrogens with zero attached hydrogens (tertiary/aromatic N) is 1. The molecule has 1 N–H and O–H groups in total. The lowest BCUT2D eigenvalue weighted by Gasteiger charge is -2.26. The van der Waals surface area contributed by atoms with E-state index in [4.69, 9.17) is 14.3 Å². The first-order valence-corrected chi connectivity index (χ1v) is 6.24. The van der Waals surface area contributed by atoms with Gasteiger partial charge in [-0.15, -0.1) is 0 Å². The molecule has 0 aliphatic carbocycles. The highest BCUT2D eigenvalue weighted by molar-refractivity contribution is 5.93. The zero-order chi connectivity index (χ0) is 13.8. The third kappa shape index (κ3) is 3.35. The number of hydrogen-bond acceptors (Lipinski definition) is 4. The normalized spacial score (nSPS) is 16.3. The molecule has 19 heavy (non-hydrogen) atoms. The summed E-state index contributed by atoms with van der Waals surface area (Å²) < 4.78 is 10.3. The van der Waals surface area contributed by atoms with Gasteiger partial charge in [-0.25, -0.2) is 4.79 Å². The minimum absolute atomic E-state index is 0.0620. The molecule has 1 amide bonds. The Hall–Kier alpha value is -1.82. The van der Waals surface area contributed by atoms with Gasteiger partial charge < -0.3 is 19.2 Å². The number of aromatic carboxylic acids is 1. The standard InChI is InChI=1S/C13H17NO5/c1-14(8-9-4-6-18-7-5-9)12(15)10-2-3-11(19-10)13(16)17/h2-3,9H,4-8H2,1H3,(H,16,17). The Labute approximate surface area is 110 Å². The summed E-state index contributed by atoms with van der Waals surface area (Å²) in [5, 5.41) is 8.75. The van der Waals surface area contributed by atoms with E-state index in [1.165, 1.54) is 12.1 Å². The van der Waals surface area contributed by atoms with Gasteiger partial charge in [0.2, 0.25) is 5.76 Å². The van der Waals surface area contributed by atoms with E-state index in [1.807, 2.05) is 0 Å². The van der Waals surface area contributed by atoms with Gasteiger partial charge in [0, 0.05) is 26.8 Å². The lowest BCUT2D eigenvalue weighted by molar-refractivity contribution is 0.0482. The van der Waals surface area contributed by atoms with Gasteiger partial charge in [0.1, 0.15) is 0 Å². The first-order chi connectivity index (χ1) is 9.08. The summed E-state index contributed by atoms with van der Waals surface area (Å²) in [5.41, 5.74) is 0. The van der Waals surface area contributed by atoms with Crippen LogP contribution in [0.5, 0.6) is 0 Å². The summed E-state index contributed by atoms with van der Waals surface area (Å²) in [6.45, 7) is 2.10. The third-order valence-electron chi connectivity index (χ3n) is 3.25. The molecule has 1 fully saturated rings. The van der Waals surface area contributed by atoms with Crippen molar-refractivity contribution in [2.75, 3.05) is 26.8 Å². The van der Waals surface area contributed by atoms with Crippen LogP contribution in [-0.4, -0.2) is 48.7 Å². The van der Waals surface area contributed by atoms with E-state index in [9.17, 15) is 9.59 Å². The number of carboxylic acids is 1. The average Bonchev–Trinajstić information content (AvgIpc) is 2.88. The van der Waals surface area contributed by atoms with Crippen molar-refractivity contribution in [1.82, 2.24) is 4.90 Å². The van der Waals surface area contributed by atoms with E-state index in [-0.39, 0.29) is 17.4 Å². The van der Waals surface area contributed by atoms with Crippen LogP contribution < -0.4 is 0 Å². The second-order valence-corrected chi connectivity index (χ2v) is 4.71. The van der Waals surface area contributed by atoms with E-state index in [1.54, 1.807) is 11.9 Å². The molecule has 1 aromatic rings. The minimum Gasteiger partial charge on any atom is -0.475 e. The topological polar surface area (TPSA) is 80.0 Å². The van der Waals surface area contributed by atoms with Crippen LogP contribution in [0.4, 0.5) is 0 Å². The number of carboxylic acid groups (broad SMARTS) is 1. The maximum absolute atomic E-state index is 12.1. The SMILES string of the molecule is CN(CC1CCOCC1)C(=O)c1ccc(C(=O)O)o1. The Morgan fingerprint density at radius 2 is 1.95 bits per heavy atom. The van der Waals surface area contributed by atoms with Crippen molar-refractivity contribution in [3.05, 3.63) is 23.7 Å². The second-order valence-electron chi connectivity index (χ2n) is 4.71. The van der Waals surface area contributed by atoms with Crippen molar-refractivity contribution >= 4 is 11.9 Å². The molecule has 6 heteroatoms. The van der Waals surface area contributed by atoms with Gasteiger partial charge in [0.05, 0.1) is 0 Å². The van der Waals surface area contributed by atoms with Gasteiger partial charge in [0.25, 0.3) is 5.91 Å². The highest BCUT2D eigenvalue weighted by atomic mass is 16.5. The van der Waals surface area contributed by atoms with E-state index in [0.29, 0.717) is 12.5 Å². The zero-order valence-electron chi connectivity index (χ0n) is 10.8. The van der Waals surface area contributed by atoms with E-state index >= 15 is 0 Å². The van der Waals surface area contributed by atoms with E-state index in [2.05, 4.69) is 0 Å². The van der Waals surface area contributed by atoms with Crippen molar-refractivity contribution in [3.8, 4) is 0 Å². The Balaban J connectivity index is 1.95. The van der Waals surface area contributed by atoms with E-state index in [0.717, 1.165) is 26.1 Å². The number of ether oxygens (including phenoxy) is 1. The number of amides is 1. The number of rotatable bonds is 4. The molecule has 1 aromatic heterocycles. The Bertz CT molecular complexity index is 461. The Morgan fingerprint density at radius 3 is 2.53 bits per heavy atom. The van der Waals surface area contributed by atoms with Crippen LogP contribution in [0.25, 0.3) is 0 Å². The molecule has 0 atom stereocenters. The lowest BCUT2D eigenvalue weighted by Crippen LogP contribution is -2.34. The third-order valence-corrected chi connectivity index (χ3v) is 3.25. The lowest BCUT2D eigenvalue weighted by atomic mass is 10.00. The molecule has 6 nitrogen and oxygen atoms in total. The van der Waals surface area contributed by atoms with Crippen LogP contribution in [0.2, 0.25) is 0 Å². The molecule has 0 unspecified atom stereocenters. The predicted octanol–water partition coefficient (Wildman–Crippen LogP) is 1.48. The molecule has 0 aromatic carbocycles. The molecule has 0 spiro atoms. The first-order valence-electron chi connectivity index (χ1n) is 6.24. The number of furan rings is 1. The molecule has 0 saturated carbocycles. The smallest absolute Gasteiger partial charge is 0.371 e. The first kappa shape index (κ1) is 13.6. The van der Waals surface area contributed by atoms with Crippen LogP contribution >= 0.6 is 0 Å². The molecular formula is C13H17NO5. The highest BCUT2D eigenvalue weighted by Crippen LogP contribution is 2.17. The monoisotopic (exact) mass is 267 g/mol. The van der Waals surface area contributed by atoms with Gasteiger partial charge in [-0.2, -0.15) is 0 Å². The molecule has 1 saturated heterocycles. The summed E-state index contributed by atoms with van der Waals surface area (Å²) in [6, 6.07) is 2.68. The molecule has 1 aliphatic heterocycles. The van der Waals surface area contributed by atoms with Gasteiger partial charge in [0.15, 0.2) is 5.76 Å². The number of hydrogen-bond donors (Lipinski definition) is 1. The van der Waals surface area contributed by atoms with E-state index < -0.39 is 5.97 Å². The van der Waals surface area contributed by atoms with Crippen LogP contribution in [-0.2, 0) is 4.74 Å². The summed E-state index contributed by atoms with van der Waals surface area (Å²) in [4.78, 5) is 24.3. The van der Waals surface area contributed by atoms with Gasteiger partial charge >= 0.3 is 5.97 Å². The van der Waals surface area contributed by atoms with Crippen molar-refractivity contribution in [3.63, 3.8) is 0 Å². The largest absolute Gasteiger partial charge is 0.475 e. The molecule has 0 radical (unpaired) electrons. The summed E-state index contributed by atoms with van der Waals surface area (Å²) in [7, 11) is 1.70. The Morgan fingerprint density at radius 1 is 1.32 bits per heavy atom. The Kier molecular flexibility index (Phi) is 4.21. The molecular weight excluding hydrogens is 250 g/mol. The number of carbonyl (C=O) groups excluding carboxylic acids is 1. The minimum atomic E-state index is -1.17. The van der Waals surface area contributed by atoms with Crippen LogP contribution in [0.1, 0.15) is 34.0 Å². The maximum Gasteiger partial charge on any atom is 0.371 e. The fourth-order valence-corrected chi connectivity index (χ4v) is 2.16. The molecule has 104 valence electrons. The van der Waals surface area contributed by atoms with Crippen molar-refractivity contribution in [2.24, 2.45) is 5.92 Å². The average molecular weight is 267 g/mol. The van der Waals surface area contributed by atoms with Crippen molar-refractivity contribution in [2.45, 2.75) is 12.8 Å². The molecule has 1 aliphatic rings. The predicted molar refractivity (Wildman–Crippen MR) is 66.2 cm³/mol. The zero-order valence-corrected chi connectivity index (χ0v) is 10.8. The molecule has 2 heterocycles. The van der Waals surface area contributed by atoms with Crippen LogP contribution in [0, 0.1) is 5.92 Å². The van der Waals surface area contributed by atoms with Gasteiger partial charge in [-0.3, -0.25) is 4.79 Å². The van der Waals surface area contributed by atoms with Crippen molar-refractivity contribution in [1.29, 1.82) is 0 Å². The van der Waals surface area contributed by atoms with Gasteiger partial charge in [-0.05, 0) is 30.9 Å². The second kappa shape index (κ2) is 5.88. The van der Waals surface area contributed by atoms with Gasteiger partial charge in [-0.1, -0.05) is 0 Å². The summed E-state index contributed by atoms with van der Waals surface area (Å²) in [6.07, 6.45) is 1.88. The van der Waals surface area contributed by atoms with Crippen LogP contribution in [0.15, 0.2) is 16.5 Å². The summed E-state index contributed by atoms with van der Waals surface area (Å²) in [5.74, 6) is -1.20. The number of carbonyl (C=O) groups is 2. The molecule has 2 rings (SSSR count). The van der Waals surface area contributed by atoms with Crippen molar-refractivity contribution < 1.29 is 23.8 Å². The summed E-state index contributed by atoms with van der Waals surface area (Å²) >= 11 is 0. The maximum atomic E-state index is 12.1. The molecule has 0 bridgehead atoms. The fourth-order valence-electron chi connectivity index (χ4n) is 2.16. The highest BCUT2D eigenvalue weighted by Gasteiger charge is 2.22. The quantitative estimate of drug-likeness (QED) is 0.893. The fraction of sp³-hybridized carbons (Fsp3) is 0.538. The van der Waals surface area contributed by atoms with Crippen LogP contribution in [0.3, 0.4) is 0 Å².